The number of anilines is 1. The van der Waals surface area contributed by atoms with Crippen LogP contribution in [0.1, 0.15) is 18.5 Å². The highest BCUT2D eigenvalue weighted by Gasteiger charge is 2.31. The standard InChI is InChI=1S/C24H20N4O2S/c1-16(17-10-4-2-5-11-17)28-23(25)22(31(29,30)18-12-6-3-7-13-18)21-24(28)27-20-15-9-8-14-19(20)26-21/h2-16H,25H2,1H3/t16-/m1/s1. The second-order valence-electron chi connectivity index (χ2n) is 7.37. The van der Waals surface area contributed by atoms with E-state index in [1.165, 1.54) is 0 Å². The molecule has 31 heavy (non-hydrogen) atoms. The van der Waals surface area contributed by atoms with Gasteiger partial charge in [0.1, 0.15) is 16.2 Å². The van der Waals surface area contributed by atoms with Crippen LogP contribution in [-0.2, 0) is 9.84 Å². The van der Waals surface area contributed by atoms with E-state index in [0.717, 1.165) is 5.56 Å². The van der Waals surface area contributed by atoms with Gasteiger partial charge in [-0.15, -0.1) is 0 Å². The summed E-state index contributed by atoms with van der Waals surface area (Å²) in [6.45, 7) is 1.97. The summed E-state index contributed by atoms with van der Waals surface area (Å²) in [6.07, 6.45) is 0. The summed E-state index contributed by atoms with van der Waals surface area (Å²) < 4.78 is 29.0. The Morgan fingerprint density at radius 3 is 2.00 bits per heavy atom. The molecule has 0 fully saturated rings. The summed E-state index contributed by atoms with van der Waals surface area (Å²) in [4.78, 5) is 9.62. The molecule has 0 unspecified atom stereocenters. The van der Waals surface area contributed by atoms with Gasteiger partial charge in [-0.1, -0.05) is 60.7 Å². The van der Waals surface area contributed by atoms with Crippen molar-refractivity contribution in [3.05, 3.63) is 90.5 Å². The maximum absolute atomic E-state index is 13.6. The van der Waals surface area contributed by atoms with Crippen LogP contribution in [0.3, 0.4) is 0 Å². The minimum atomic E-state index is -3.91. The molecule has 154 valence electrons. The molecule has 0 radical (unpaired) electrons. The van der Waals surface area contributed by atoms with Crippen molar-refractivity contribution in [3.63, 3.8) is 0 Å². The molecule has 0 amide bonds. The van der Waals surface area contributed by atoms with Crippen LogP contribution in [0.25, 0.3) is 22.2 Å². The van der Waals surface area contributed by atoms with Gasteiger partial charge in [-0.05, 0) is 36.8 Å². The van der Waals surface area contributed by atoms with Gasteiger partial charge in [-0.3, -0.25) is 0 Å². The molecule has 2 heterocycles. The molecular weight excluding hydrogens is 408 g/mol. The first-order valence-electron chi connectivity index (χ1n) is 9.89. The van der Waals surface area contributed by atoms with E-state index in [2.05, 4.69) is 4.98 Å². The minimum Gasteiger partial charge on any atom is -0.384 e. The quantitative estimate of drug-likeness (QED) is 0.451. The maximum Gasteiger partial charge on any atom is 0.212 e. The Hall–Kier alpha value is -3.71. The fourth-order valence-electron chi connectivity index (χ4n) is 3.91. The Morgan fingerprint density at radius 1 is 0.806 bits per heavy atom. The van der Waals surface area contributed by atoms with Crippen LogP contribution >= 0.6 is 0 Å². The molecule has 7 heteroatoms. The Labute approximate surface area is 179 Å². The van der Waals surface area contributed by atoms with Gasteiger partial charge in [0.15, 0.2) is 5.65 Å². The van der Waals surface area contributed by atoms with Gasteiger partial charge in [0.05, 0.1) is 22.0 Å². The molecule has 0 saturated heterocycles. The number of para-hydroxylation sites is 2. The van der Waals surface area contributed by atoms with Crippen molar-refractivity contribution in [1.82, 2.24) is 14.5 Å². The van der Waals surface area contributed by atoms with Crippen molar-refractivity contribution < 1.29 is 8.42 Å². The van der Waals surface area contributed by atoms with Gasteiger partial charge < -0.3 is 10.3 Å². The number of nitrogen functional groups attached to an aromatic ring is 1. The molecule has 5 rings (SSSR count). The van der Waals surface area contributed by atoms with Gasteiger partial charge in [-0.25, -0.2) is 18.4 Å². The first-order chi connectivity index (χ1) is 15.0. The van der Waals surface area contributed by atoms with E-state index >= 15 is 0 Å². The first-order valence-corrected chi connectivity index (χ1v) is 11.4. The van der Waals surface area contributed by atoms with Crippen LogP contribution in [0.4, 0.5) is 5.82 Å². The molecule has 0 spiro atoms. The first kappa shape index (κ1) is 19.3. The van der Waals surface area contributed by atoms with E-state index < -0.39 is 9.84 Å². The monoisotopic (exact) mass is 428 g/mol. The molecule has 0 bridgehead atoms. The second kappa shape index (κ2) is 7.21. The molecule has 6 nitrogen and oxygen atoms in total. The highest BCUT2D eigenvalue weighted by molar-refractivity contribution is 7.92. The summed E-state index contributed by atoms with van der Waals surface area (Å²) in [6, 6.07) is 25.2. The largest absolute Gasteiger partial charge is 0.384 e. The molecule has 1 atom stereocenters. The predicted octanol–water partition coefficient (Wildman–Crippen LogP) is 4.61. The zero-order valence-electron chi connectivity index (χ0n) is 16.8. The second-order valence-corrected chi connectivity index (χ2v) is 9.26. The number of hydrogen-bond donors (Lipinski definition) is 1. The zero-order valence-corrected chi connectivity index (χ0v) is 17.6. The van der Waals surface area contributed by atoms with Crippen LogP contribution in [0.15, 0.2) is 94.7 Å². The highest BCUT2D eigenvalue weighted by atomic mass is 32.2. The van der Waals surface area contributed by atoms with Crippen molar-refractivity contribution in [2.75, 3.05) is 5.73 Å². The average Bonchev–Trinajstić information content (AvgIpc) is 3.09. The molecule has 5 aromatic rings. The lowest BCUT2D eigenvalue weighted by Crippen LogP contribution is -2.12. The van der Waals surface area contributed by atoms with Crippen LogP contribution in [0.5, 0.6) is 0 Å². The third-order valence-electron chi connectivity index (χ3n) is 5.48. The number of fused-ring (bicyclic) bond motifs is 2. The van der Waals surface area contributed by atoms with Crippen molar-refractivity contribution >= 4 is 37.9 Å². The SMILES string of the molecule is C[C@H](c1ccccc1)n1c(N)c(S(=O)(=O)c2ccccc2)c2nc3ccccc3nc21. The molecule has 3 aromatic carbocycles. The van der Waals surface area contributed by atoms with Crippen molar-refractivity contribution in [2.45, 2.75) is 22.8 Å². The van der Waals surface area contributed by atoms with Crippen LogP contribution in [0.2, 0.25) is 0 Å². The Morgan fingerprint density at radius 2 is 1.35 bits per heavy atom. The number of sulfone groups is 1. The number of rotatable bonds is 4. The third kappa shape index (κ3) is 3.05. The fraction of sp³-hybridized carbons (Fsp3) is 0.0833. The van der Waals surface area contributed by atoms with E-state index in [0.29, 0.717) is 16.7 Å². The molecule has 0 aliphatic heterocycles. The molecule has 0 saturated carbocycles. The fourth-order valence-corrected chi connectivity index (χ4v) is 5.43. The van der Waals surface area contributed by atoms with Crippen LogP contribution in [0, 0.1) is 0 Å². The molecule has 2 N–H and O–H groups in total. The summed E-state index contributed by atoms with van der Waals surface area (Å²) in [7, 11) is -3.91. The Kier molecular flexibility index (Phi) is 4.48. The van der Waals surface area contributed by atoms with Gasteiger partial charge in [-0.2, -0.15) is 0 Å². The molecule has 0 aliphatic rings. The Balaban J connectivity index is 1.88. The molecular formula is C24H20N4O2S. The van der Waals surface area contributed by atoms with Crippen LogP contribution < -0.4 is 5.73 Å². The normalized spacial score (nSPS) is 12.9. The minimum absolute atomic E-state index is 0.00488. The summed E-state index contributed by atoms with van der Waals surface area (Å²) in [5, 5.41) is 0. The summed E-state index contributed by atoms with van der Waals surface area (Å²) >= 11 is 0. The van der Waals surface area contributed by atoms with Gasteiger partial charge in [0.25, 0.3) is 0 Å². The van der Waals surface area contributed by atoms with Crippen LogP contribution in [-0.4, -0.2) is 23.0 Å². The smallest absolute Gasteiger partial charge is 0.212 e. The lowest BCUT2D eigenvalue weighted by atomic mass is 10.1. The van der Waals surface area contributed by atoms with E-state index in [1.807, 2.05) is 61.5 Å². The lowest BCUT2D eigenvalue weighted by molar-refractivity contribution is 0.596. The number of hydrogen-bond acceptors (Lipinski definition) is 5. The topological polar surface area (TPSA) is 90.9 Å². The number of benzene rings is 3. The van der Waals surface area contributed by atoms with Gasteiger partial charge in [0.2, 0.25) is 9.84 Å². The Bertz CT molecular complexity index is 1510. The third-order valence-corrected chi connectivity index (χ3v) is 7.31. The predicted molar refractivity (Wildman–Crippen MR) is 122 cm³/mol. The number of nitrogens with two attached hydrogens (primary N) is 1. The van der Waals surface area contributed by atoms with Gasteiger partial charge >= 0.3 is 0 Å². The number of nitrogens with zero attached hydrogens (tertiary/aromatic N) is 3. The lowest BCUT2D eigenvalue weighted by Gasteiger charge is -2.17. The molecule has 0 aliphatic carbocycles. The number of aromatic nitrogens is 3. The van der Waals surface area contributed by atoms with E-state index in [1.54, 1.807) is 34.9 Å². The van der Waals surface area contributed by atoms with E-state index in [4.69, 9.17) is 10.7 Å². The van der Waals surface area contributed by atoms with Gasteiger partial charge in [0, 0.05) is 0 Å². The zero-order chi connectivity index (χ0) is 21.6. The summed E-state index contributed by atoms with van der Waals surface area (Å²) in [5.41, 5.74) is 9.55. The van der Waals surface area contributed by atoms with Crippen molar-refractivity contribution in [2.24, 2.45) is 0 Å². The average molecular weight is 429 g/mol. The summed E-state index contributed by atoms with van der Waals surface area (Å²) in [5.74, 6) is 0.130. The maximum atomic E-state index is 13.6. The molecule has 2 aromatic heterocycles. The highest BCUT2D eigenvalue weighted by Crippen LogP contribution is 2.38. The van der Waals surface area contributed by atoms with Crippen molar-refractivity contribution in [3.8, 4) is 0 Å². The van der Waals surface area contributed by atoms with E-state index in [-0.39, 0.29) is 27.2 Å². The van der Waals surface area contributed by atoms with Crippen molar-refractivity contribution in [1.29, 1.82) is 0 Å². The van der Waals surface area contributed by atoms with E-state index in [9.17, 15) is 8.42 Å².